The van der Waals surface area contributed by atoms with Crippen molar-refractivity contribution in [3.05, 3.63) is 23.8 Å². The highest BCUT2D eigenvalue weighted by Gasteiger charge is 2.58. The molecule has 0 aromatic heterocycles. The van der Waals surface area contributed by atoms with Crippen molar-refractivity contribution in [2.24, 2.45) is 40.4 Å². The lowest BCUT2D eigenvalue weighted by molar-refractivity contribution is -0.0325. The van der Waals surface area contributed by atoms with Gasteiger partial charge in [-0.15, -0.1) is 0 Å². The highest BCUT2D eigenvalue weighted by atomic mass is 127. The average Bonchev–Trinajstić information content (AvgIpc) is 2.92. The highest BCUT2D eigenvalue weighted by molar-refractivity contribution is 14.1. The zero-order valence-corrected chi connectivity index (χ0v) is 17.6. The van der Waals surface area contributed by atoms with E-state index >= 15 is 0 Å². The van der Waals surface area contributed by atoms with Crippen molar-refractivity contribution in [1.29, 1.82) is 0 Å². The first kappa shape index (κ1) is 17.6. The first-order valence-electron chi connectivity index (χ1n) is 10.0. The molecular formula is C22H33IO. The van der Waals surface area contributed by atoms with Gasteiger partial charge < -0.3 is 5.11 Å². The molecule has 0 aromatic rings. The Hall–Kier alpha value is 0.170. The molecule has 0 spiro atoms. The van der Waals surface area contributed by atoms with Crippen LogP contribution >= 0.6 is 22.6 Å². The van der Waals surface area contributed by atoms with E-state index in [4.69, 9.17) is 0 Å². The maximum Gasteiger partial charge on any atom is 0.0758 e. The van der Waals surface area contributed by atoms with Gasteiger partial charge in [-0.05, 0) is 73.5 Å². The molecule has 2 saturated carbocycles. The van der Waals surface area contributed by atoms with E-state index in [-0.39, 0.29) is 11.5 Å². The molecule has 24 heavy (non-hydrogen) atoms. The molecule has 0 aromatic carbocycles. The second kappa shape index (κ2) is 6.11. The summed E-state index contributed by atoms with van der Waals surface area (Å²) in [6, 6.07) is 0. The van der Waals surface area contributed by atoms with Crippen molar-refractivity contribution < 1.29 is 5.11 Å². The third kappa shape index (κ3) is 2.41. The van der Waals surface area contributed by atoms with Crippen LogP contribution in [0.25, 0.3) is 0 Å². The van der Waals surface area contributed by atoms with Crippen LogP contribution in [0.3, 0.4) is 0 Å². The first-order chi connectivity index (χ1) is 11.4. The van der Waals surface area contributed by atoms with Gasteiger partial charge in [0.05, 0.1) is 6.10 Å². The van der Waals surface area contributed by atoms with Gasteiger partial charge in [0.15, 0.2) is 0 Å². The Labute approximate surface area is 161 Å². The summed E-state index contributed by atoms with van der Waals surface area (Å²) in [6.07, 6.45) is 14.6. The summed E-state index contributed by atoms with van der Waals surface area (Å²) >= 11 is 2.60. The summed E-state index contributed by atoms with van der Waals surface area (Å²) in [7, 11) is 0. The number of alkyl halides is 1. The molecule has 0 saturated heterocycles. The van der Waals surface area contributed by atoms with Crippen LogP contribution in [-0.2, 0) is 0 Å². The van der Waals surface area contributed by atoms with Crippen LogP contribution in [0.15, 0.2) is 23.8 Å². The average molecular weight is 440 g/mol. The molecule has 2 heteroatoms. The molecule has 1 nitrogen and oxygen atoms in total. The van der Waals surface area contributed by atoms with Gasteiger partial charge in [-0.2, -0.15) is 0 Å². The quantitative estimate of drug-likeness (QED) is 0.328. The van der Waals surface area contributed by atoms with Crippen LogP contribution in [0.5, 0.6) is 0 Å². The van der Waals surface area contributed by atoms with Crippen LogP contribution in [0.1, 0.15) is 59.3 Å². The lowest BCUT2D eigenvalue weighted by Gasteiger charge is -2.57. The lowest BCUT2D eigenvalue weighted by atomic mass is 9.48. The molecule has 134 valence electrons. The number of halogens is 1. The van der Waals surface area contributed by atoms with Crippen molar-refractivity contribution in [3.8, 4) is 0 Å². The summed E-state index contributed by atoms with van der Waals surface area (Å²) in [5.41, 5.74) is 2.32. The first-order valence-corrected chi connectivity index (χ1v) is 11.6. The molecule has 0 bridgehead atoms. The third-order valence-corrected chi connectivity index (χ3v) is 10.0. The van der Waals surface area contributed by atoms with E-state index in [1.54, 1.807) is 0 Å². The van der Waals surface area contributed by atoms with Gasteiger partial charge in [0.2, 0.25) is 0 Å². The number of aliphatic hydroxyl groups excluding tert-OH is 1. The molecule has 4 aliphatic rings. The zero-order chi connectivity index (χ0) is 17.1. The Bertz CT molecular complexity index is 566. The van der Waals surface area contributed by atoms with E-state index < -0.39 is 0 Å². The van der Waals surface area contributed by atoms with Gasteiger partial charge in [-0.25, -0.2) is 0 Å². The van der Waals surface area contributed by atoms with E-state index in [1.165, 1.54) is 42.1 Å². The number of allylic oxidation sites excluding steroid dienone is 2. The highest BCUT2D eigenvalue weighted by Crippen LogP contribution is 2.66. The molecular weight excluding hydrogens is 407 g/mol. The van der Waals surface area contributed by atoms with E-state index in [0.29, 0.717) is 5.41 Å². The van der Waals surface area contributed by atoms with Crippen molar-refractivity contribution in [1.82, 2.24) is 0 Å². The molecule has 1 N–H and O–H groups in total. The predicted octanol–water partition coefficient (Wildman–Crippen LogP) is 5.77. The largest absolute Gasteiger partial charge is 0.389 e. The van der Waals surface area contributed by atoms with Crippen molar-refractivity contribution >= 4 is 22.6 Å². The summed E-state index contributed by atoms with van der Waals surface area (Å²) in [5.74, 6) is 4.38. The zero-order valence-electron chi connectivity index (χ0n) is 15.5. The number of rotatable bonds is 2. The lowest BCUT2D eigenvalue weighted by Crippen LogP contribution is -2.49. The van der Waals surface area contributed by atoms with E-state index in [9.17, 15) is 5.11 Å². The Morgan fingerprint density at radius 3 is 2.79 bits per heavy atom. The van der Waals surface area contributed by atoms with Crippen LogP contribution < -0.4 is 0 Å². The second-order valence-electron chi connectivity index (χ2n) is 9.62. The van der Waals surface area contributed by atoms with Crippen LogP contribution in [0.4, 0.5) is 0 Å². The van der Waals surface area contributed by atoms with Crippen molar-refractivity contribution in [3.63, 3.8) is 0 Å². The van der Waals surface area contributed by atoms with Crippen molar-refractivity contribution in [2.45, 2.75) is 65.4 Å². The molecule has 0 radical (unpaired) electrons. The van der Waals surface area contributed by atoms with Gasteiger partial charge in [-0.3, -0.25) is 0 Å². The monoisotopic (exact) mass is 440 g/mol. The minimum atomic E-state index is -0.255. The Morgan fingerprint density at radius 1 is 1.25 bits per heavy atom. The molecule has 1 unspecified atom stereocenters. The van der Waals surface area contributed by atoms with Gasteiger partial charge in [0.25, 0.3) is 0 Å². The molecule has 4 aliphatic carbocycles. The number of hydrogen-bond donors (Lipinski definition) is 1. The van der Waals surface area contributed by atoms with Gasteiger partial charge >= 0.3 is 0 Å². The Balaban J connectivity index is 1.65. The fraction of sp³-hybridized carbons (Fsp3) is 0.818. The standard InChI is InChI=1S/C22H33IO/c1-14(13-23)18-6-7-19-17-5-4-15-12-16(24)8-10-21(15,2)20(17)9-11-22(18,19)3/h4,8,10,14,16-20,24H,5-7,9,11-13H2,1-3H3/t14?,16-,17-,18+,19-,20-,21-,22+/m0/s1. The molecule has 0 heterocycles. The number of hydrogen-bond acceptors (Lipinski definition) is 1. The van der Waals surface area contributed by atoms with Crippen LogP contribution in [0.2, 0.25) is 0 Å². The third-order valence-electron chi connectivity index (χ3n) is 8.63. The Kier molecular flexibility index (Phi) is 4.48. The maximum absolute atomic E-state index is 10.0. The summed E-state index contributed by atoms with van der Waals surface area (Å²) < 4.78 is 1.31. The van der Waals surface area contributed by atoms with Gasteiger partial charge in [-0.1, -0.05) is 67.2 Å². The van der Waals surface area contributed by atoms with E-state index in [1.807, 2.05) is 0 Å². The molecule has 0 aliphatic heterocycles. The van der Waals surface area contributed by atoms with Crippen molar-refractivity contribution in [2.75, 3.05) is 4.43 Å². The molecule has 4 rings (SSSR count). The summed E-state index contributed by atoms with van der Waals surface area (Å²) in [6.45, 7) is 7.58. The molecule has 0 amide bonds. The van der Waals surface area contributed by atoms with Crippen LogP contribution in [-0.4, -0.2) is 15.6 Å². The fourth-order valence-corrected chi connectivity index (χ4v) is 7.93. The second-order valence-corrected chi connectivity index (χ2v) is 10.5. The topological polar surface area (TPSA) is 20.2 Å². The normalized spacial score (nSPS) is 51.4. The minimum Gasteiger partial charge on any atom is -0.389 e. The van der Waals surface area contributed by atoms with Gasteiger partial charge in [0, 0.05) is 9.84 Å². The maximum atomic E-state index is 10.0. The number of aliphatic hydroxyl groups is 1. The molecule has 2 fully saturated rings. The molecule has 8 atom stereocenters. The minimum absolute atomic E-state index is 0.219. The SMILES string of the molecule is CC(CI)[C@H]1CC[C@H]2[C@@H]3CC=C4C[C@@H](O)C=C[C@]4(C)[C@H]3CC[C@]12C. The fourth-order valence-electron chi connectivity index (χ4n) is 7.32. The summed E-state index contributed by atoms with van der Waals surface area (Å²) in [5, 5.41) is 10.0. The summed E-state index contributed by atoms with van der Waals surface area (Å²) in [4.78, 5) is 0. The predicted molar refractivity (Wildman–Crippen MR) is 109 cm³/mol. The Morgan fingerprint density at radius 2 is 2.04 bits per heavy atom. The van der Waals surface area contributed by atoms with E-state index in [0.717, 1.165) is 36.0 Å². The van der Waals surface area contributed by atoms with E-state index in [2.05, 4.69) is 61.6 Å². The van der Waals surface area contributed by atoms with Crippen LogP contribution in [0, 0.1) is 40.4 Å². The van der Waals surface area contributed by atoms with Gasteiger partial charge in [0.1, 0.15) is 0 Å². The smallest absolute Gasteiger partial charge is 0.0758 e. The number of fused-ring (bicyclic) bond motifs is 5.